The quantitative estimate of drug-likeness (QED) is 0.670. The minimum absolute atomic E-state index is 0.366. The van der Waals surface area contributed by atoms with Crippen molar-refractivity contribution in [1.82, 2.24) is 9.97 Å². The van der Waals surface area contributed by atoms with E-state index in [1.54, 1.807) is 7.11 Å². The first-order valence-corrected chi connectivity index (χ1v) is 10.2. The van der Waals surface area contributed by atoms with Crippen LogP contribution < -0.4 is 9.64 Å². The van der Waals surface area contributed by atoms with Gasteiger partial charge in [0.25, 0.3) is 0 Å². The van der Waals surface area contributed by atoms with E-state index in [0.29, 0.717) is 5.25 Å². The molecule has 27 heavy (non-hydrogen) atoms. The monoisotopic (exact) mass is 379 g/mol. The average Bonchev–Trinajstić information content (AvgIpc) is 3.00. The van der Waals surface area contributed by atoms with Crippen molar-refractivity contribution in [2.24, 2.45) is 0 Å². The highest BCUT2D eigenvalue weighted by Crippen LogP contribution is 2.47. The molecule has 2 aromatic carbocycles. The molecule has 5 heteroatoms. The number of imidazole rings is 1. The van der Waals surface area contributed by atoms with Gasteiger partial charge in [0.2, 0.25) is 0 Å². The smallest absolute Gasteiger partial charge is 0.125 e. The predicted octanol–water partition coefficient (Wildman–Crippen LogP) is 5.28. The second kappa shape index (κ2) is 7.69. The maximum atomic E-state index is 5.63. The summed E-state index contributed by atoms with van der Waals surface area (Å²) in [5.74, 6) is 1.99. The number of ether oxygens (including phenoxy) is 1. The maximum absolute atomic E-state index is 5.63. The normalized spacial score (nSPS) is 16.7. The Kier molecular flexibility index (Phi) is 5.12. The molecule has 1 aliphatic heterocycles. The van der Waals surface area contributed by atoms with E-state index in [4.69, 9.17) is 4.74 Å². The zero-order valence-electron chi connectivity index (χ0n) is 16.0. The summed E-state index contributed by atoms with van der Waals surface area (Å²) in [4.78, 5) is 11.6. The summed E-state index contributed by atoms with van der Waals surface area (Å²) in [6, 6.07) is 15.1. The number of nitrogens with zero attached hydrogens (tertiary/aromatic N) is 2. The highest BCUT2D eigenvalue weighted by molar-refractivity contribution is 7.99. The van der Waals surface area contributed by atoms with Crippen molar-refractivity contribution in [3.63, 3.8) is 0 Å². The van der Waals surface area contributed by atoms with Gasteiger partial charge in [0, 0.05) is 34.1 Å². The van der Waals surface area contributed by atoms with Gasteiger partial charge >= 0.3 is 0 Å². The van der Waals surface area contributed by atoms with E-state index in [9.17, 15) is 0 Å². The average molecular weight is 380 g/mol. The summed E-state index contributed by atoms with van der Waals surface area (Å²) in [7, 11) is 1.75. The number of hydrogen-bond donors (Lipinski definition) is 1. The number of thioether (sulfide) groups is 1. The second-order valence-electron chi connectivity index (χ2n) is 7.04. The molecule has 140 valence electrons. The SMILES string of the molecule is COc1ccccc1C1CCN(Cc2ncc(C)[nH]2)c2ccc(C)cc2S1. The van der Waals surface area contributed by atoms with Crippen LogP contribution in [0.15, 0.2) is 53.6 Å². The summed E-state index contributed by atoms with van der Waals surface area (Å²) >= 11 is 1.94. The number of H-pyrrole nitrogens is 1. The number of benzene rings is 2. The first kappa shape index (κ1) is 18.0. The summed E-state index contributed by atoms with van der Waals surface area (Å²) in [6.45, 7) is 5.97. The van der Waals surface area contributed by atoms with Crippen LogP contribution in [0.25, 0.3) is 0 Å². The van der Waals surface area contributed by atoms with Gasteiger partial charge in [-0.2, -0.15) is 0 Å². The number of aromatic nitrogens is 2. The molecule has 4 rings (SSSR count). The van der Waals surface area contributed by atoms with E-state index in [0.717, 1.165) is 36.8 Å². The first-order chi connectivity index (χ1) is 13.1. The largest absolute Gasteiger partial charge is 0.496 e. The van der Waals surface area contributed by atoms with Crippen LogP contribution in [0.4, 0.5) is 5.69 Å². The molecule has 1 aliphatic rings. The fraction of sp³-hybridized carbons (Fsp3) is 0.318. The molecule has 1 aromatic heterocycles. The van der Waals surface area contributed by atoms with Crippen molar-refractivity contribution in [3.8, 4) is 5.75 Å². The Labute approximate surface area is 165 Å². The van der Waals surface area contributed by atoms with Crippen molar-refractivity contribution in [1.29, 1.82) is 0 Å². The van der Waals surface area contributed by atoms with E-state index in [1.807, 2.05) is 30.9 Å². The number of aromatic amines is 1. The van der Waals surface area contributed by atoms with Gasteiger partial charge in [0.15, 0.2) is 0 Å². The van der Waals surface area contributed by atoms with Crippen LogP contribution in [-0.4, -0.2) is 23.6 Å². The van der Waals surface area contributed by atoms with Gasteiger partial charge < -0.3 is 14.6 Å². The molecule has 1 atom stereocenters. The van der Waals surface area contributed by atoms with E-state index in [2.05, 4.69) is 58.2 Å². The molecule has 0 bridgehead atoms. The molecule has 3 aromatic rings. The molecule has 2 heterocycles. The number of methoxy groups -OCH3 is 1. The lowest BCUT2D eigenvalue weighted by Gasteiger charge is -2.23. The predicted molar refractivity (Wildman–Crippen MR) is 112 cm³/mol. The molecular weight excluding hydrogens is 354 g/mol. The van der Waals surface area contributed by atoms with Crippen molar-refractivity contribution >= 4 is 17.4 Å². The van der Waals surface area contributed by atoms with Crippen LogP contribution in [0.2, 0.25) is 0 Å². The summed E-state index contributed by atoms with van der Waals surface area (Å²) in [5.41, 5.74) is 4.95. The minimum atomic E-state index is 0.366. The van der Waals surface area contributed by atoms with E-state index in [-0.39, 0.29) is 0 Å². The highest BCUT2D eigenvalue weighted by atomic mass is 32.2. The molecule has 0 radical (unpaired) electrons. The summed E-state index contributed by atoms with van der Waals surface area (Å²) in [5, 5.41) is 0.366. The van der Waals surface area contributed by atoms with E-state index >= 15 is 0 Å². The lowest BCUT2D eigenvalue weighted by Crippen LogP contribution is -2.24. The van der Waals surface area contributed by atoms with Crippen molar-refractivity contribution in [2.75, 3.05) is 18.6 Å². The van der Waals surface area contributed by atoms with Gasteiger partial charge in [-0.1, -0.05) is 24.3 Å². The van der Waals surface area contributed by atoms with Gasteiger partial charge in [0.05, 0.1) is 19.3 Å². The fourth-order valence-corrected chi connectivity index (χ4v) is 5.05. The van der Waals surface area contributed by atoms with Gasteiger partial charge in [0.1, 0.15) is 11.6 Å². The van der Waals surface area contributed by atoms with Crippen LogP contribution >= 0.6 is 11.8 Å². The lowest BCUT2D eigenvalue weighted by molar-refractivity contribution is 0.409. The number of nitrogens with one attached hydrogen (secondary N) is 1. The topological polar surface area (TPSA) is 41.1 Å². The van der Waals surface area contributed by atoms with Crippen LogP contribution in [0.1, 0.15) is 34.3 Å². The molecule has 1 N–H and O–H groups in total. The number of anilines is 1. The fourth-order valence-electron chi connectivity index (χ4n) is 3.63. The van der Waals surface area contributed by atoms with Crippen molar-refractivity contribution < 1.29 is 4.74 Å². The Bertz CT molecular complexity index is 937. The molecule has 0 spiro atoms. The molecular formula is C22H25N3OS. The zero-order valence-corrected chi connectivity index (χ0v) is 16.8. The van der Waals surface area contributed by atoms with E-state index < -0.39 is 0 Å². The third-order valence-corrected chi connectivity index (χ3v) is 6.32. The summed E-state index contributed by atoms with van der Waals surface area (Å²) < 4.78 is 5.63. The Morgan fingerprint density at radius 3 is 2.85 bits per heavy atom. The number of rotatable bonds is 4. The Balaban J connectivity index is 1.68. The molecule has 0 amide bonds. The van der Waals surface area contributed by atoms with E-state index in [1.165, 1.54) is 21.7 Å². The highest BCUT2D eigenvalue weighted by Gasteiger charge is 2.25. The molecule has 0 saturated heterocycles. The lowest BCUT2D eigenvalue weighted by atomic mass is 10.1. The van der Waals surface area contributed by atoms with Gasteiger partial charge in [-0.25, -0.2) is 4.98 Å². The zero-order chi connectivity index (χ0) is 18.8. The molecule has 0 fully saturated rings. The van der Waals surface area contributed by atoms with Crippen LogP contribution in [0.3, 0.4) is 0 Å². The number of para-hydroxylation sites is 1. The van der Waals surface area contributed by atoms with Gasteiger partial charge in [-0.05, 0) is 44.0 Å². The third kappa shape index (κ3) is 3.83. The molecule has 0 saturated carbocycles. The number of aryl methyl sites for hydroxylation is 2. The standard InChI is InChI=1S/C22H25N3OS/c1-15-8-9-18-21(12-15)27-20(17-6-4-5-7-19(17)26-3)10-11-25(18)14-22-23-13-16(2)24-22/h4-9,12-13,20H,10-11,14H2,1-3H3,(H,23,24). The summed E-state index contributed by atoms with van der Waals surface area (Å²) in [6.07, 6.45) is 2.95. The Morgan fingerprint density at radius 1 is 1.22 bits per heavy atom. The third-order valence-electron chi connectivity index (χ3n) is 4.97. The number of fused-ring (bicyclic) bond motifs is 1. The van der Waals surface area contributed by atoms with Crippen molar-refractivity contribution in [2.45, 2.75) is 37.0 Å². The van der Waals surface area contributed by atoms with Crippen molar-refractivity contribution in [3.05, 3.63) is 71.3 Å². The Hall–Kier alpha value is -2.40. The molecule has 0 aliphatic carbocycles. The van der Waals surface area contributed by atoms with Crippen LogP contribution in [-0.2, 0) is 6.54 Å². The van der Waals surface area contributed by atoms with Gasteiger partial charge in [-0.15, -0.1) is 11.8 Å². The molecule has 1 unspecified atom stereocenters. The molecule has 4 nitrogen and oxygen atoms in total. The van der Waals surface area contributed by atoms with Crippen LogP contribution in [0, 0.1) is 13.8 Å². The van der Waals surface area contributed by atoms with Gasteiger partial charge in [-0.3, -0.25) is 0 Å². The Morgan fingerprint density at radius 2 is 2.07 bits per heavy atom. The minimum Gasteiger partial charge on any atom is -0.496 e. The second-order valence-corrected chi connectivity index (χ2v) is 8.29. The number of hydrogen-bond acceptors (Lipinski definition) is 4. The van der Waals surface area contributed by atoms with Crippen LogP contribution in [0.5, 0.6) is 5.75 Å². The maximum Gasteiger partial charge on any atom is 0.125 e. The first-order valence-electron chi connectivity index (χ1n) is 9.29.